The van der Waals surface area contributed by atoms with Crippen molar-refractivity contribution in [1.29, 1.82) is 0 Å². The van der Waals surface area contributed by atoms with Gasteiger partial charge in [-0.05, 0) is 53.9 Å². The van der Waals surface area contributed by atoms with Crippen molar-refractivity contribution in [2.24, 2.45) is 0 Å². The van der Waals surface area contributed by atoms with E-state index in [1.165, 1.54) is 25.3 Å². The number of thiophene rings is 1. The molecule has 7 nitrogen and oxygen atoms in total. The fourth-order valence-corrected chi connectivity index (χ4v) is 3.25. The number of benzene rings is 2. The van der Waals surface area contributed by atoms with Crippen molar-refractivity contribution in [3.8, 4) is 5.75 Å². The molecule has 0 radical (unpaired) electrons. The minimum atomic E-state index is -0.786. The van der Waals surface area contributed by atoms with Crippen LogP contribution in [0.5, 0.6) is 5.75 Å². The molecule has 144 valence electrons. The Balaban J connectivity index is 1.49. The van der Waals surface area contributed by atoms with Crippen molar-refractivity contribution >= 4 is 45.0 Å². The first-order valence-electron chi connectivity index (χ1n) is 8.06. The third-order valence-electron chi connectivity index (χ3n) is 3.61. The number of carbonyl (C=O) groups excluding carboxylic acids is 3. The number of halogens is 1. The molecule has 9 heteroatoms. The van der Waals surface area contributed by atoms with E-state index in [1.807, 2.05) is 0 Å². The first-order chi connectivity index (χ1) is 13.4. The summed E-state index contributed by atoms with van der Waals surface area (Å²) in [6.45, 7) is -0.628. The lowest BCUT2D eigenvalue weighted by Gasteiger charge is -2.07. The number of fused-ring (bicyclic) bond motifs is 1. The molecule has 0 aliphatic carbocycles. The van der Waals surface area contributed by atoms with Crippen LogP contribution < -0.4 is 15.4 Å². The molecule has 0 saturated carbocycles. The van der Waals surface area contributed by atoms with Crippen LogP contribution in [0.25, 0.3) is 10.1 Å². The van der Waals surface area contributed by atoms with Crippen molar-refractivity contribution in [2.75, 3.05) is 19.0 Å². The van der Waals surface area contributed by atoms with Gasteiger partial charge in [-0.15, -0.1) is 11.3 Å². The van der Waals surface area contributed by atoms with Gasteiger partial charge in [0.2, 0.25) is 0 Å². The number of rotatable bonds is 5. The molecule has 3 rings (SSSR count). The summed E-state index contributed by atoms with van der Waals surface area (Å²) in [7, 11) is 1.52. The lowest BCUT2D eigenvalue weighted by Crippen LogP contribution is -2.37. The first kappa shape index (κ1) is 19.3. The number of nitrogens with one attached hydrogen (secondary N) is 2. The van der Waals surface area contributed by atoms with Gasteiger partial charge in [0.05, 0.1) is 7.11 Å². The largest absolute Gasteiger partial charge is 0.497 e. The van der Waals surface area contributed by atoms with Gasteiger partial charge in [0.25, 0.3) is 5.91 Å². The van der Waals surface area contributed by atoms with Gasteiger partial charge in [-0.1, -0.05) is 0 Å². The van der Waals surface area contributed by atoms with Crippen LogP contribution in [0.4, 0.5) is 14.9 Å². The summed E-state index contributed by atoms with van der Waals surface area (Å²) in [6.07, 6.45) is 0. The summed E-state index contributed by atoms with van der Waals surface area (Å²) in [5.41, 5.74) is 0.459. The van der Waals surface area contributed by atoms with Crippen molar-refractivity contribution in [3.05, 3.63) is 59.2 Å². The fraction of sp³-hybridized carbons (Fsp3) is 0.105. The average molecular weight is 402 g/mol. The highest BCUT2D eigenvalue weighted by molar-refractivity contribution is 7.20. The summed E-state index contributed by atoms with van der Waals surface area (Å²) in [4.78, 5) is 35.8. The van der Waals surface area contributed by atoms with Gasteiger partial charge in [0.15, 0.2) is 6.61 Å². The van der Waals surface area contributed by atoms with Crippen LogP contribution in [0, 0.1) is 5.82 Å². The molecule has 2 N–H and O–H groups in total. The Morgan fingerprint density at radius 1 is 1.07 bits per heavy atom. The van der Waals surface area contributed by atoms with Gasteiger partial charge < -0.3 is 14.8 Å². The molecule has 3 aromatic rings. The average Bonchev–Trinajstić information content (AvgIpc) is 3.10. The summed E-state index contributed by atoms with van der Waals surface area (Å²) in [5.74, 6) is -1.30. The van der Waals surface area contributed by atoms with Gasteiger partial charge in [-0.25, -0.2) is 14.0 Å². The molecule has 1 aromatic heterocycles. The lowest BCUT2D eigenvalue weighted by atomic mass is 10.2. The lowest BCUT2D eigenvalue weighted by molar-refractivity contribution is -0.123. The van der Waals surface area contributed by atoms with Gasteiger partial charge in [0, 0.05) is 10.4 Å². The maximum atomic E-state index is 13.2. The normalized spacial score (nSPS) is 10.4. The standard InChI is InChI=1S/C19H15FN2O5S/c1-26-14-5-3-13(4-6-14)21-19(25)22-17(23)10-27-18(24)16-9-11-8-12(20)2-7-15(11)28-16/h2-9H,10H2,1H3,(H2,21,22,23,25). The van der Waals surface area contributed by atoms with E-state index in [2.05, 4.69) is 10.6 Å². The first-order valence-corrected chi connectivity index (χ1v) is 8.87. The van der Waals surface area contributed by atoms with Crippen molar-refractivity contribution in [2.45, 2.75) is 0 Å². The highest BCUT2D eigenvalue weighted by atomic mass is 32.1. The molecule has 1 heterocycles. The van der Waals surface area contributed by atoms with Crippen molar-refractivity contribution in [3.63, 3.8) is 0 Å². The predicted octanol–water partition coefficient (Wildman–Crippen LogP) is 3.55. The van der Waals surface area contributed by atoms with Gasteiger partial charge >= 0.3 is 12.0 Å². The third kappa shape index (κ3) is 4.83. The molecule has 28 heavy (non-hydrogen) atoms. The van der Waals surface area contributed by atoms with Crippen LogP contribution in [0.1, 0.15) is 9.67 Å². The summed E-state index contributed by atoms with van der Waals surface area (Å²) in [6, 6.07) is 11.4. The molecule has 0 atom stereocenters. The number of ether oxygens (including phenoxy) is 2. The number of urea groups is 1. The maximum absolute atomic E-state index is 13.2. The second kappa shape index (κ2) is 8.49. The second-order valence-corrected chi connectivity index (χ2v) is 6.68. The van der Waals surface area contributed by atoms with E-state index in [-0.39, 0.29) is 4.88 Å². The predicted molar refractivity (Wildman–Crippen MR) is 102 cm³/mol. The van der Waals surface area contributed by atoms with Crippen LogP contribution >= 0.6 is 11.3 Å². The third-order valence-corrected chi connectivity index (χ3v) is 4.71. The van der Waals surface area contributed by atoms with Crippen LogP contribution in [-0.2, 0) is 9.53 Å². The quantitative estimate of drug-likeness (QED) is 0.637. The number of hydrogen-bond donors (Lipinski definition) is 2. The van der Waals surface area contributed by atoms with E-state index < -0.39 is 30.3 Å². The number of carbonyl (C=O) groups is 3. The number of anilines is 1. The molecule has 0 aliphatic heterocycles. The Morgan fingerprint density at radius 3 is 2.54 bits per heavy atom. The molecular weight excluding hydrogens is 387 g/mol. The second-order valence-electron chi connectivity index (χ2n) is 5.60. The summed E-state index contributed by atoms with van der Waals surface area (Å²) < 4.78 is 23.8. The molecule has 2 aromatic carbocycles. The van der Waals surface area contributed by atoms with Crippen LogP contribution in [0.2, 0.25) is 0 Å². The topological polar surface area (TPSA) is 93.7 Å². The fourth-order valence-electron chi connectivity index (χ4n) is 2.32. The highest BCUT2D eigenvalue weighted by Crippen LogP contribution is 2.26. The number of imide groups is 1. The highest BCUT2D eigenvalue weighted by Gasteiger charge is 2.15. The van der Waals surface area contributed by atoms with Crippen LogP contribution in [0.15, 0.2) is 48.5 Å². The van der Waals surface area contributed by atoms with E-state index in [0.717, 1.165) is 16.0 Å². The number of amides is 3. The zero-order chi connectivity index (χ0) is 20.1. The molecule has 3 amide bonds. The minimum absolute atomic E-state index is 0.232. The summed E-state index contributed by atoms with van der Waals surface area (Å²) >= 11 is 1.12. The Morgan fingerprint density at radius 2 is 1.82 bits per heavy atom. The monoisotopic (exact) mass is 402 g/mol. The zero-order valence-electron chi connectivity index (χ0n) is 14.7. The smallest absolute Gasteiger partial charge is 0.348 e. The molecule has 0 saturated heterocycles. The van der Waals surface area contributed by atoms with Crippen molar-refractivity contribution in [1.82, 2.24) is 5.32 Å². The molecule has 0 aliphatic rings. The molecule has 0 spiro atoms. The Labute approximate surface area is 163 Å². The van der Waals surface area contributed by atoms with Crippen LogP contribution in [-0.4, -0.2) is 31.6 Å². The van der Waals surface area contributed by atoms with E-state index in [4.69, 9.17) is 9.47 Å². The summed E-state index contributed by atoms with van der Waals surface area (Å²) in [5, 5.41) is 5.09. The minimum Gasteiger partial charge on any atom is -0.497 e. The number of hydrogen-bond acceptors (Lipinski definition) is 6. The maximum Gasteiger partial charge on any atom is 0.348 e. The Kier molecular flexibility index (Phi) is 5.85. The van der Waals surface area contributed by atoms with Gasteiger partial charge in [0.1, 0.15) is 16.4 Å². The SMILES string of the molecule is COc1ccc(NC(=O)NC(=O)COC(=O)c2cc3cc(F)ccc3s2)cc1. The van der Waals surface area contributed by atoms with Gasteiger partial charge in [-0.3, -0.25) is 10.1 Å². The molecule has 0 bridgehead atoms. The Hall–Kier alpha value is -3.46. The zero-order valence-corrected chi connectivity index (χ0v) is 15.5. The number of methoxy groups -OCH3 is 1. The number of esters is 1. The van der Waals surface area contributed by atoms with Crippen molar-refractivity contribution < 1.29 is 28.2 Å². The molecular formula is C19H15FN2O5S. The Bertz CT molecular complexity index is 1030. The molecule has 0 fully saturated rings. The van der Waals surface area contributed by atoms with E-state index >= 15 is 0 Å². The van der Waals surface area contributed by atoms with E-state index in [9.17, 15) is 18.8 Å². The van der Waals surface area contributed by atoms with E-state index in [1.54, 1.807) is 30.3 Å². The molecule has 0 unspecified atom stereocenters. The van der Waals surface area contributed by atoms with Gasteiger partial charge in [-0.2, -0.15) is 0 Å². The van der Waals surface area contributed by atoms with E-state index in [0.29, 0.717) is 16.8 Å². The van der Waals surface area contributed by atoms with Crippen LogP contribution in [0.3, 0.4) is 0 Å².